The topological polar surface area (TPSA) is 74.8 Å². The second-order valence-corrected chi connectivity index (χ2v) is 6.94. The molecule has 0 bridgehead atoms. The molecule has 1 atom stereocenters. The summed E-state index contributed by atoms with van der Waals surface area (Å²) in [5, 5.41) is 9.76. The van der Waals surface area contributed by atoms with Gasteiger partial charge in [-0.15, -0.1) is 24.0 Å². The van der Waals surface area contributed by atoms with Gasteiger partial charge in [0.2, 0.25) is 5.91 Å². The highest BCUT2D eigenvalue weighted by Gasteiger charge is 2.29. The van der Waals surface area contributed by atoms with Crippen molar-refractivity contribution in [2.24, 2.45) is 4.99 Å². The van der Waals surface area contributed by atoms with Crippen molar-refractivity contribution in [1.29, 1.82) is 0 Å². The van der Waals surface area contributed by atoms with Gasteiger partial charge in [-0.1, -0.05) is 17.7 Å². The molecule has 1 aliphatic heterocycles. The summed E-state index contributed by atoms with van der Waals surface area (Å²) in [6.07, 6.45) is 2.45. The zero-order valence-electron chi connectivity index (χ0n) is 15.5. The number of nitrogens with one attached hydrogen (secondary N) is 3. The third-order valence-electron chi connectivity index (χ3n) is 4.20. The van der Waals surface area contributed by atoms with E-state index in [0.717, 1.165) is 25.0 Å². The van der Waals surface area contributed by atoms with Crippen LogP contribution >= 0.6 is 35.6 Å². The molecule has 1 aliphatic rings. The fraction of sp³-hybridized carbons (Fsp3) is 0.556. The largest absolute Gasteiger partial charge is 0.373 e. The average molecular weight is 495 g/mol. The molecule has 1 unspecified atom stereocenters. The van der Waals surface area contributed by atoms with Crippen molar-refractivity contribution in [2.75, 3.05) is 32.1 Å². The van der Waals surface area contributed by atoms with Gasteiger partial charge in [-0.2, -0.15) is 0 Å². The fourth-order valence-electron chi connectivity index (χ4n) is 2.70. The Kier molecular flexibility index (Phi) is 9.67. The van der Waals surface area contributed by atoms with E-state index in [1.54, 1.807) is 7.05 Å². The van der Waals surface area contributed by atoms with E-state index in [4.69, 9.17) is 16.3 Å². The average Bonchev–Trinajstić information content (AvgIpc) is 3.00. The summed E-state index contributed by atoms with van der Waals surface area (Å²) >= 11 is 6.13. The summed E-state index contributed by atoms with van der Waals surface area (Å²) in [6, 6.07) is 5.55. The van der Waals surface area contributed by atoms with Crippen LogP contribution in [0.1, 0.15) is 31.7 Å². The number of hydrogen-bond acceptors (Lipinski definition) is 3. The molecule has 2 rings (SSSR count). The van der Waals surface area contributed by atoms with Gasteiger partial charge in [0, 0.05) is 33.2 Å². The molecule has 8 heteroatoms. The van der Waals surface area contributed by atoms with Crippen molar-refractivity contribution in [3.05, 3.63) is 28.8 Å². The Hall–Kier alpha value is -1.06. The Labute approximate surface area is 177 Å². The molecule has 0 spiro atoms. The van der Waals surface area contributed by atoms with Gasteiger partial charge in [-0.3, -0.25) is 9.79 Å². The molecule has 1 saturated heterocycles. The van der Waals surface area contributed by atoms with Crippen LogP contribution in [0.4, 0.5) is 5.69 Å². The zero-order valence-corrected chi connectivity index (χ0v) is 18.6. The third kappa shape index (κ3) is 7.28. The van der Waals surface area contributed by atoms with Crippen LogP contribution in [0.25, 0.3) is 0 Å². The molecule has 6 nitrogen and oxygen atoms in total. The van der Waals surface area contributed by atoms with Gasteiger partial charge >= 0.3 is 0 Å². The number of aryl methyl sites for hydroxylation is 1. The first-order valence-electron chi connectivity index (χ1n) is 8.56. The molecule has 3 N–H and O–H groups in total. The van der Waals surface area contributed by atoms with Crippen molar-refractivity contribution < 1.29 is 9.53 Å². The summed E-state index contributed by atoms with van der Waals surface area (Å²) in [4.78, 5) is 16.2. The van der Waals surface area contributed by atoms with Crippen molar-refractivity contribution in [3.8, 4) is 0 Å². The van der Waals surface area contributed by atoms with Crippen LogP contribution in [0.3, 0.4) is 0 Å². The maximum absolute atomic E-state index is 12.0. The van der Waals surface area contributed by atoms with Gasteiger partial charge in [0.1, 0.15) is 0 Å². The Morgan fingerprint density at radius 3 is 2.77 bits per heavy atom. The predicted molar refractivity (Wildman–Crippen MR) is 118 cm³/mol. The maximum atomic E-state index is 12.0. The molecule has 26 heavy (non-hydrogen) atoms. The first-order chi connectivity index (χ1) is 11.9. The van der Waals surface area contributed by atoms with Gasteiger partial charge < -0.3 is 20.7 Å². The summed E-state index contributed by atoms with van der Waals surface area (Å²) in [7, 11) is 1.71. The Morgan fingerprint density at radius 1 is 1.38 bits per heavy atom. The van der Waals surface area contributed by atoms with Crippen LogP contribution in [0.15, 0.2) is 23.2 Å². The lowest BCUT2D eigenvalue weighted by molar-refractivity contribution is -0.116. The monoisotopic (exact) mass is 494 g/mol. The highest BCUT2D eigenvalue weighted by atomic mass is 127. The molecule has 0 aromatic heterocycles. The van der Waals surface area contributed by atoms with Gasteiger partial charge in [0.25, 0.3) is 0 Å². The zero-order chi connectivity index (χ0) is 18.3. The normalized spacial score (nSPS) is 19.6. The van der Waals surface area contributed by atoms with Gasteiger partial charge in [-0.05, 0) is 44.4 Å². The van der Waals surface area contributed by atoms with Gasteiger partial charge in [0.15, 0.2) is 5.96 Å². The van der Waals surface area contributed by atoms with Gasteiger partial charge in [-0.25, -0.2) is 0 Å². The minimum Gasteiger partial charge on any atom is -0.373 e. The highest BCUT2D eigenvalue weighted by molar-refractivity contribution is 14.0. The summed E-state index contributed by atoms with van der Waals surface area (Å²) in [5.74, 6) is 0.567. The molecule has 1 aromatic rings. The van der Waals surface area contributed by atoms with Crippen molar-refractivity contribution in [2.45, 2.75) is 38.7 Å². The first kappa shape index (κ1) is 23.0. The van der Waals surface area contributed by atoms with E-state index in [0.29, 0.717) is 36.2 Å². The van der Waals surface area contributed by atoms with Crippen molar-refractivity contribution in [1.82, 2.24) is 10.6 Å². The number of benzene rings is 1. The number of nitrogens with zero attached hydrogens (tertiary/aromatic N) is 1. The smallest absolute Gasteiger partial charge is 0.226 e. The van der Waals surface area contributed by atoms with Crippen LogP contribution in [-0.4, -0.2) is 44.2 Å². The number of rotatable bonds is 6. The molecule has 0 saturated carbocycles. The van der Waals surface area contributed by atoms with Crippen LogP contribution in [-0.2, 0) is 9.53 Å². The Balaban J connectivity index is 0.00000338. The van der Waals surface area contributed by atoms with E-state index in [2.05, 4.69) is 27.9 Å². The van der Waals surface area contributed by atoms with Crippen LogP contribution < -0.4 is 16.0 Å². The minimum absolute atomic E-state index is 0. The van der Waals surface area contributed by atoms with E-state index in [-0.39, 0.29) is 35.5 Å². The number of guanidine groups is 1. The minimum atomic E-state index is -0.142. The molecule has 1 fully saturated rings. The SMILES string of the molecule is CN=C(NCCC(=O)Nc1ccc(C)cc1Cl)NCC1(C)CCCO1.I. The predicted octanol–water partition coefficient (Wildman–Crippen LogP) is 3.33. The second kappa shape index (κ2) is 10.9. The van der Waals surface area contributed by atoms with Crippen molar-refractivity contribution >= 4 is 53.1 Å². The first-order valence-corrected chi connectivity index (χ1v) is 8.94. The van der Waals surface area contributed by atoms with E-state index < -0.39 is 0 Å². The molecule has 1 amide bonds. The van der Waals surface area contributed by atoms with E-state index in [1.807, 2.05) is 25.1 Å². The summed E-state index contributed by atoms with van der Waals surface area (Å²) in [5.41, 5.74) is 1.54. The lowest BCUT2D eigenvalue weighted by atomic mass is 10.0. The molecular formula is C18H28ClIN4O2. The molecule has 0 aliphatic carbocycles. The number of carbonyl (C=O) groups excluding carboxylic acids is 1. The van der Waals surface area contributed by atoms with E-state index in [9.17, 15) is 4.79 Å². The molecule has 1 aromatic carbocycles. The molecule has 0 radical (unpaired) electrons. The van der Waals surface area contributed by atoms with Crippen LogP contribution in [0.5, 0.6) is 0 Å². The van der Waals surface area contributed by atoms with E-state index >= 15 is 0 Å². The molecule has 1 heterocycles. The lowest BCUT2D eigenvalue weighted by Gasteiger charge is -2.24. The molecule has 146 valence electrons. The quantitative estimate of drug-likeness (QED) is 0.322. The third-order valence-corrected chi connectivity index (χ3v) is 4.51. The van der Waals surface area contributed by atoms with E-state index in [1.165, 1.54) is 0 Å². The maximum Gasteiger partial charge on any atom is 0.226 e. The molecular weight excluding hydrogens is 467 g/mol. The Bertz CT molecular complexity index is 634. The number of hydrogen-bond donors (Lipinski definition) is 3. The van der Waals surface area contributed by atoms with Crippen LogP contribution in [0, 0.1) is 6.92 Å². The lowest BCUT2D eigenvalue weighted by Crippen LogP contribution is -2.46. The van der Waals surface area contributed by atoms with Crippen molar-refractivity contribution in [3.63, 3.8) is 0 Å². The fourth-order valence-corrected chi connectivity index (χ4v) is 2.98. The summed E-state index contributed by atoms with van der Waals surface area (Å²) < 4.78 is 5.74. The number of amides is 1. The standard InChI is InChI=1S/C18H27ClN4O2.HI/c1-13-5-6-15(14(19)11-13)23-16(24)7-9-21-17(20-3)22-12-18(2)8-4-10-25-18;/h5-6,11H,4,7-10,12H2,1-3H3,(H,23,24)(H2,20,21,22);1H. The summed E-state index contributed by atoms with van der Waals surface area (Å²) in [6.45, 7) is 6.03. The number of anilines is 1. The second-order valence-electron chi connectivity index (χ2n) is 6.54. The van der Waals surface area contributed by atoms with Gasteiger partial charge in [0.05, 0.1) is 16.3 Å². The number of halogens is 2. The highest BCUT2D eigenvalue weighted by Crippen LogP contribution is 2.24. The number of carbonyl (C=O) groups is 1. The number of ether oxygens (including phenoxy) is 1. The van der Waals surface area contributed by atoms with Crippen LogP contribution in [0.2, 0.25) is 5.02 Å². The Morgan fingerprint density at radius 2 is 2.15 bits per heavy atom. The number of aliphatic imine (C=N–C) groups is 1.